The number of benzene rings is 1. The molecule has 0 aliphatic rings. The summed E-state index contributed by atoms with van der Waals surface area (Å²) < 4.78 is 5.93. The van der Waals surface area contributed by atoms with E-state index in [0.29, 0.717) is 6.54 Å². The van der Waals surface area contributed by atoms with Crippen LogP contribution in [0.2, 0.25) is 5.02 Å². The summed E-state index contributed by atoms with van der Waals surface area (Å²) >= 11 is 6.11. The molecule has 1 atom stereocenters. The number of ether oxygens (including phenoxy) is 1. The van der Waals surface area contributed by atoms with Crippen molar-refractivity contribution in [2.75, 3.05) is 6.54 Å². The number of halogens is 1. The molecule has 1 aromatic rings. The molecule has 0 aliphatic heterocycles. The summed E-state index contributed by atoms with van der Waals surface area (Å²) in [7, 11) is 0. The van der Waals surface area contributed by atoms with Crippen LogP contribution in [0.3, 0.4) is 0 Å². The van der Waals surface area contributed by atoms with Crippen LogP contribution in [0.25, 0.3) is 0 Å². The van der Waals surface area contributed by atoms with Gasteiger partial charge in [-0.2, -0.15) is 0 Å². The summed E-state index contributed by atoms with van der Waals surface area (Å²) in [6.07, 6.45) is 0.879. The molecule has 1 aromatic carbocycles. The van der Waals surface area contributed by atoms with Gasteiger partial charge >= 0.3 is 0 Å². The highest BCUT2D eigenvalue weighted by Crippen LogP contribution is 2.28. The lowest BCUT2D eigenvalue weighted by molar-refractivity contribution is 0.0934. The molecule has 0 saturated carbocycles. The standard InChI is InChI=1S/C13H20ClNO/c1-5-13(4,8-15)16-11-6-9(2)12(14)10(3)7-11/h6-7H,5,8,15H2,1-4H3. The van der Waals surface area contributed by atoms with Crippen molar-refractivity contribution in [1.29, 1.82) is 0 Å². The third-order valence-electron chi connectivity index (χ3n) is 2.95. The van der Waals surface area contributed by atoms with Gasteiger partial charge in [0.1, 0.15) is 11.4 Å². The van der Waals surface area contributed by atoms with Gasteiger partial charge in [0, 0.05) is 11.6 Å². The highest BCUT2D eigenvalue weighted by atomic mass is 35.5. The maximum absolute atomic E-state index is 6.11. The quantitative estimate of drug-likeness (QED) is 0.876. The summed E-state index contributed by atoms with van der Waals surface area (Å²) in [4.78, 5) is 0. The summed E-state index contributed by atoms with van der Waals surface area (Å²) in [6, 6.07) is 3.91. The van der Waals surface area contributed by atoms with Gasteiger partial charge in [-0.15, -0.1) is 0 Å². The minimum atomic E-state index is -0.299. The van der Waals surface area contributed by atoms with Gasteiger partial charge in [0.15, 0.2) is 0 Å². The molecule has 1 rings (SSSR count). The monoisotopic (exact) mass is 241 g/mol. The lowest BCUT2D eigenvalue weighted by Gasteiger charge is -2.28. The smallest absolute Gasteiger partial charge is 0.120 e. The molecule has 0 saturated heterocycles. The maximum Gasteiger partial charge on any atom is 0.120 e. The molecule has 0 aromatic heterocycles. The Morgan fingerprint density at radius 1 is 1.31 bits per heavy atom. The van der Waals surface area contributed by atoms with Crippen LogP contribution in [0.15, 0.2) is 12.1 Å². The lowest BCUT2D eigenvalue weighted by Crippen LogP contribution is -2.39. The Balaban J connectivity index is 2.98. The molecule has 0 fully saturated rings. The zero-order chi connectivity index (χ0) is 12.3. The highest BCUT2D eigenvalue weighted by Gasteiger charge is 2.22. The molecule has 1 unspecified atom stereocenters. The predicted octanol–water partition coefficient (Wildman–Crippen LogP) is 3.46. The summed E-state index contributed by atoms with van der Waals surface area (Å²) in [5.74, 6) is 0.842. The number of aryl methyl sites for hydroxylation is 2. The number of rotatable bonds is 4. The van der Waals surface area contributed by atoms with Gasteiger partial charge < -0.3 is 10.5 Å². The van der Waals surface area contributed by atoms with E-state index in [1.165, 1.54) is 0 Å². The second-order valence-corrected chi connectivity index (χ2v) is 4.86. The Kier molecular flexibility index (Phi) is 4.22. The zero-order valence-electron chi connectivity index (χ0n) is 10.4. The molecule has 0 radical (unpaired) electrons. The van der Waals surface area contributed by atoms with Crippen LogP contribution in [0.1, 0.15) is 31.4 Å². The molecular formula is C13H20ClNO. The van der Waals surface area contributed by atoms with Crippen molar-refractivity contribution in [1.82, 2.24) is 0 Å². The van der Waals surface area contributed by atoms with Crippen LogP contribution >= 0.6 is 11.6 Å². The molecule has 0 spiro atoms. The minimum absolute atomic E-state index is 0.299. The van der Waals surface area contributed by atoms with Crippen molar-refractivity contribution in [2.24, 2.45) is 5.73 Å². The van der Waals surface area contributed by atoms with E-state index in [-0.39, 0.29) is 5.60 Å². The molecule has 0 amide bonds. The molecule has 0 aliphatic carbocycles. The van der Waals surface area contributed by atoms with Crippen molar-refractivity contribution in [3.8, 4) is 5.75 Å². The number of nitrogens with two attached hydrogens (primary N) is 1. The Hall–Kier alpha value is -0.730. The number of hydrogen-bond donors (Lipinski definition) is 1. The van der Waals surface area contributed by atoms with Crippen LogP contribution in [0.5, 0.6) is 5.75 Å². The second-order valence-electron chi connectivity index (χ2n) is 4.48. The van der Waals surface area contributed by atoms with Crippen LogP contribution < -0.4 is 10.5 Å². The fourth-order valence-electron chi connectivity index (χ4n) is 1.51. The van der Waals surface area contributed by atoms with E-state index in [4.69, 9.17) is 22.1 Å². The van der Waals surface area contributed by atoms with Gasteiger partial charge in [-0.3, -0.25) is 0 Å². The van der Waals surface area contributed by atoms with Crippen LogP contribution in [-0.4, -0.2) is 12.1 Å². The van der Waals surface area contributed by atoms with E-state index in [1.54, 1.807) is 0 Å². The van der Waals surface area contributed by atoms with E-state index >= 15 is 0 Å². The molecule has 90 valence electrons. The van der Waals surface area contributed by atoms with Crippen molar-refractivity contribution in [2.45, 2.75) is 39.7 Å². The van der Waals surface area contributed by atoms with E-state index in [2.05, 4.69) is 6.92 Å². The van der Waals surface area contributed by atoms with Gasteiger partial charge in [-0.1, -0.05) is 18.5 Å². The van der Waals surface area contributed by atoms with Gasteiger partial charge in [-0.05, 0) is 50.5 Å². The van der Waals surface area contributed by atoms with E-state index in [0.717, 1.165) is 28.3 Å². The van der Waals surface area contributed by atoms with Gasteiger partial charge in [0.2, 0.25) is 0 Å². The van der Waals surface area contributed by atoms with Crippen LogP contribution in [0.4, 0.5) is 0 Å². The summed E-state index contributed by atoms with van der Waals surface area (Å²) in [5.41, 5.74) is 7.49. The Morgan fingerprint density at radius 3 is 2.19 bits per heavy atom. The fraction of sp³-hybridized carbons (Fsp3) is 0.538. The van der Waals surface area contributed by atoms with Crippen LogP contribution in [0, 0.1) is 13.8 Å². The average molecular weight is 242 g/mol. The lowest BCUT2D eigenvalue weighted by atomic mass is 10.0. The second kappa shape index (κ2) is 5.07. The zero-order valence-corrected chi connectivity index (χ0v) is 11.2. The molecule has 16 heavy (non-hydrogen) atoms. The van der Waals surface area contributed by atoms with E-state index in [9.17, 15) is 0 Å². The topological polar surface area (TPSA) is 35.2 Å². The van der Waals surface area contributed by atoms with E-state index in [1.807, 2.05) is 32.9 Å². The predicted molar refractivity (Wildman–Crippen MR) is 69.3 cm³/mol. The van der Waals surface area contributed by atoms with Crippen molar-refractivity contribution in [3.63, 3.8) is 0 Å². The first-order valence-electron chi connectivity index (χ1n) is 5.57. The Labute approximate surface area is 103 Å². The van der Waals surface area contributed by atoms with Gasteiger partial charge in [-0.25, -0.2) is 0 Å². The van der Waals surface area contributed by atoms with Crippen molar-refractivity contribution < 1.29 is 4.74 Å². The molecule has 0 heterocycles. The molecule has 3 heteroatoms. The Morgan fingerprint density at radius 2 is 1.81 bits per heavy atom. The fourth-order valence-corrected chi connectivity index (χ4v) is 1.62. The molecular weight excluding hydrogens is 222 g/mol. The first-order chi connectivity index (χ1) is 7.41. The Bertz CT molecular complexity index is 349. The van der Waals surface area contributed by atoms with Crippen molar-refractivity contribution in [3.05, 3.63) is 28.3 Å². The van der Waals surface area contributed by atoms with Gasteiger partial charge in [0.05, 0.1) is 0 Å². The number of hydrogen-bond acceptors (Lipinski definition) is 2. The molecule has 2 nitrogen and oxygen atoms in total. The minimum Gasteiger partial charge on any atom is -0.486 e. The summed E-state index contributed by atoms with van der Waals surface area (Å²) in [6.45, 7) is 8.56. The molecule has 0 bridgehead atoms. The first-order valence-corrected chi connectivity index (χ1v) is 5.95. The summed E-state index contributed by atoms with van der Waals surface area (Å²) in [5, 5.41) is 0.804. The molecule has 2 N–H and O–H groups in total. The first kappa shape index (κ1) is 13.3. The largest absolute Gasteiger partial charge is 0.486 e. The van der Waals surface area contributed by atoms with Crippen molar-refractivity contribution >= 4 is 11.6 Å². The van der Waals surface area contributed by atoms with Crippen LogP contribution in [-0.2, 0) is 0 Å². The third kappa shape index (κ3) is 2.89. The van der Waals surface area contributed by atoms with E-state index < -0.39 is 0 Å². The van der Waals surface area contributed by atoms with Gasteiger partial charge in [0.25, 0.3) is 0 Å². The SMILES string of the molecule is CCC(C)(CN)Oc1cc(C)c(Cl)c(C)c1. The highest BCUT2D eigenvalue weighted by molar-refractivity contribution is 6.32. The normalized spacial score (nSPS) is 14.6. The maximum atomic E-state index is 6.11. The average Bonchev–Trinajstić information content (AvgIpc) is 2.25. The third-order valence-corrected chi connectivity index (χ3v) is 3.55.